The highest BCUT2D eigenvalue weighted by Gasteiger charge is 2.39. The molecule has 0 N–H and O–H groups in total. The molecule has 0 bridgehead atoms. The van der Waals surface area contributed by atoms with Gasteiger partial charge in [-0.25, -0.2) is 0 Å². The summed E-state index contributed by atoms with van der Waals surface area (Å²) in [6.07, 6.45) is 76.0. The first-order chi connectivity index (χ1) is 49.9. The molecule has 2 aromatic heterocycles. The van der Waals surface area contributed by atoms with Gasteiger partial charge in [0, 0.05) is 50.5 Å². The predicted octanol–water partition coefficient (Wildman–Crippen LogP) is 22.6. The molecule has 4 aliphatic rings. The maximum absolute atomic E-state index is 13.9. The first-order valence-electron chi connectivity index (χ1n) is 43.9. The summed E-state index contributed by atoms with van der Waals surface area (Å²) in [6, 6.07) is 3.08. The van der Waals surface area contributed by atoms with E-state index in [0.29, 0.717) is 26.2 Å². The minimum absolute atomic E-state index is 0.168. The minimum atomic E-state index is -0.346. The van der Waals surface area contributed by atoms with Gasteiger partial charge < -0.3 is 0 Å². The van der Waals surface area contributed by atoms with Gasteiger partial charge in [-0.15, -0.1) is 0 Å². The van der Waals surface area contributed by atoms with Crippen LogP contribution in [0.25, 0.3) is 21.5 Å². The Labute approximate surface area is 618 Å². The fourth-order valence-electron chi connectivity index (χ4n) is 19.5. The van der Waals surface area contributed by atoms with E-state index < -0.39 is 0 Å². The van der Waals surface area contributed by atoms with Crippen LogP contribution in [0.1, 0.15) is 387 Å². The molecular formula is C90H146N4O8. The highest BCUT2D eigenvalue weighted by Crippen LogP contribution is 2.49. The molecule has 2 aliphatic heterocycles. The van der Waals surface area contributed by atoms with E-state index in [1.54, 1.807) is 0 Å². The minimum Gasteiger partial charge on any atom is -0.275 e. The van der Waals surface area contributed by atoms with E-state index in [4.69, 9.17) is 0 Å². The Hall–Kier alpha value is -4.74. The summed E-state index contributed by atoms with van der Waals surface area (Å²) in [6.45, 7) is 11.1. The summed E-state index contributed by atoms with van der Waals surface area (Å²) in [7, 11) is 0. The van der Waals surface area contributed by atoms with Crippen molar-refractivity contribution in [3.05, 3.63) is 77.9 Å². The van der Waals surface area contributed by atoms with Gasteiger partial charge in [0.25, 0.3) is 45.9 Å². The van der Waals surface area contributed by atoms with Crippen LogP contribution in [0, 0.1) is 47.3 Å². The molecule has 0 radical (unpaired) electrons. The number of aromatic nitrogens is 2. The number of imide groups is 2. The Kier molecular flexibility index (Phi) is 40.8. The molecule has 3 aromatic rings. The summed E-state index contributed by atoms with van der Waals surface area (Å²) in [4.78, 5) is 106. The first kappa shape index (κ1) is 84.5. The lowest BCUT2D eigenvalue weighted by molar-refractivity contribution is -0.138. The number of carbonyl (C=O) groups is 4. The second-order valence-corrected chi connectivity index (χ2v) is 33.2. The van der Waals surface area contributed by atoms with E-state index in [1.807, 2.05) is 0 Å². The van der Waals surface area contributed by atoms with Crippen LogP contribution in [0.3, 0.4) is 0 Å². The van der Waals surface area contributed by atoms with E-state index in [0.717, 1.165) is 131 Å². The van der Waals surface area contributed by atoms with Crippen LogP contribution in [-0.4, -0.2) is 55.7 Å². The topological polar surface area (TPSA) is 153 Å². The maximum Gasteiger partial charge on any atom is 0.261 e. The molecule has 4 amide bonds. The fraction of sp³-hybridized carbons (Fsp3) is 0.800. The van der Waals surface area contributed by atoms with E-state index in [9.17, 15) is 38.4 Å². The number of hydrogen-bond acceptors (Lipinski definition) is 8. The lowest BCUT2D eigenvalue weighted by atomic mass is 9.61. The summed E-state index contributed by atoms with van der Waals surface area (Å²) in [5.74, 6) is 6.05. The Bertz CT molecular complexity index is 3050. The number of carbonyl (C=O) groups excluding carboxylic acids is 4. The van der Waals surface area contributed by atoms with Gasteiger partial charge in [-0.05, 0) is 130 Å². The van der Waals surface area contributed by atoms with Crippen LogP contribution < -0.4 is 22.2 Å². The molecule has 2 fully saturated rings. The second-order valence-electron chi connectivity index (χ2n) is 33.2. The Morgan fingerprint density at radius 3 is 0.804 bits per heavy atom. The van der Waals surface area contributed by atoms with Crippen LogP contribution in [0.15, 0.2) is 55.6 Å². The summed E-state index contributed by atoms with van der Waals surface area (Å²) in [5.41, 5.74) is -1.38. The third-order valence-electron chi connectivity index (χ3n) is 25.5. The van der Waals surface area contributed by atoms with Crippen molar-refractivity contribution in [2.75, 3.05) is 13.1 Å². The van der Waals surface area contributed by atoms with Crippen LogP contribution >= 0.6 is 0 Å². The monoisotopic (exact) mass is 1410 g/mol. The Morgan fingerprint density at radius 2 is 0.490 bits per heavy atom. The molecule has 574 valence electrons. The van der Waals surface area contributed by atoms with Crippen LogP contribution in [0.2, 0.25) is 0 Å². The number of fused-ring (bicyclic) bond motifs is 2. The molecule has 8 unspecified atom stereocenters. The largest absolute Gasteiger partial charge is 0.275 e. The van der Waals surface area contributed by atoms with Crippen molar-refractivity contribution >= 4 is 45.2 Å². The predicted molar refractivity (Wildman–Crippen MR) is 426 cm³/mol. The van der Waals surface area contributed by atoms with E-state index in [-0.39, 0.29) is 67.4 Å². The average Bonchev–Trinajstić information content (AvgIpc) is 1.59. The zero-order valence-electron chi connectivity index (χ0n) is 65.6. The van der Waals surface area contributed by atoms with Crippen molar-refractivity contribution in [2.24, 2.45) is 47.3 Å². The van der Waals surface area contributed by atoms with Gasteiger partial charge in [-0.1, -0.05) is 317 Å². The zero-order valence-corrected chi connectivity index (χ0v) is 65.6. The molecule has 2 aliphatic carbocycles. The van der Waals surface area contributed by atoms with E-state index in [1.165, 1.54) is 331 Å². The summed E-state index contributed by atoms with van der Waals surface area (Å²) in [5, 5.41) is 1.03. The molecule has 12 heteroatoms. The molecule has 4 heterocycles. The lowest BCUT2D eigenvalue weighted by Gasteiger charge is -2.44. The highest BCUT2D eigenvalue weighted by molar-refractivity contribution is 6.13. The quantitative estimate of drug-likeness (QED) is 0.0400. The lowest BCUT2D eigenvalue weighted by Crippen LogP contribution is -2.35. The van der Waals surface area contributed by atoms with Crippen molar-refractivity contribution in [3.8, 4) is 0 Å². The third-order valence-corrected chi connectivity index (χ3v) is 25.5. The number of benzene rings is 1. The molecule has 8 atom stereocenters. The van der Waals surface area contributed by atoms with Gasteiger partial charge in [0.1, 0.15) is 0 Å². The van der Waals surface area contributed by atoms with Crippen molar-refractivity contribution in [2.45, 2.75) is 400 Å². The SMILES string of the molecule is CCCCCCCCC1C(CCCCCC)CC(CCCCCCCCN2C(=O)C=CC2=O)CC1CCCCCCCCn1c(=O)c2cc3c(=O)n(CCCCCCCCC4CCC(CCCCCC)C(CCCCCCCC)C4CCCCCCCCN4C(=O)C=CC4=O)c(=O)c3cc2c1=O. The molecular weight excluding hydrogens is 1270 g/mol. The molecule has 0 spiro atoms. The number of rotatable bonds is 60. The Morgan fingerprint density at radius 1 is 0.255 bits per heavy atom. The van der Waals surface area contributed by atoms with Crippen molar-refractivity contribution in [1.82, 2.24) is 18.9 Å². The normalized spacial score (nSPS) is 20.9. The van der Waals surface area contributed by atoms with Crippen LogP contribution in [0.4, 0.5) is 0 Å². The molecule has 102 heavy (non-hydrogen) atoms. The van der Waals surface area contributed by atoms with Crippen molar-refractivity contribution in [1.29, 1.82) is 0 Å². The molecule has 7 rings (SSSR count). The zero-order chi connectivity index (χ0) is 72.5. The van der Waals surface area contributed by atoms with Gasteiger partial charge >= 0.3 is 0 Å². The number of amides is 4. The Balaban J connectivity index is 0.833. The first-order valence-corrected chi connectivity index (χ1v) is 43.9. The van der Waals surface area contributed by atoms with Crippen molar-refractivity contribution in [3.63, 3.8) is 0 Å². The maximum atomic E-state index is 13.9. The number of hydrogen-bond donors (Lipinski definition) is 0. The standard InChI is InChI=1S/C90H146N4O8/c1-5-9-13-17-30-42-54-76-74(52-39-16-12-8-4)67-71(49-37-27-19-23-33-45-63-91-83(95)59-60-84(91)96)68-75(76)53-41-29-21-25-36-48-66-94-89(101)81-69-79-80(70-82(81)90(94)102)88(100)93(87(79)99)65-47-35-24-20-28-40-51-73-58-57-72(50-38-15-11-7-3)77(55-43-31-18-14-10-6-2)78(73)56-44-32-22-26-34-46-64-92-85(97)61-62-86(92)98/h59-62,69-78H,5-58,63-68H2,1-4H3. The van der Waals surface area contributed by atoms with Gasteiger partial charge in [0.15, 0.2) is 0 Å². The number of nitrogens with zero attached hydrogens (tertiary/aromatic N) is 4. The second kappa shape index (κ2) is 49.2. The van der Waals surface area contributed by atoms with Crippen LogP contribution in [-0.2, 0) is 32.3 Å². The van der Waals surface area contributed by atoms with Crippen molar-refractivity contribution < 1.29 is 19.2 Å². The van der Waals surface area contributed by atoms with Gasteiger partial charge in [0.05, 0.1) is 21.5 Å². The smallest absolute Gasteiger partial charge is 0.261 e. The van der Waals surface area contributed by atoms with Gasteiger partial charge in [-0.3, -0.25) is 57.3 Å². The molecule has 2 saturated carbocycles. The average molecular weight is 1410 g/mol. The van der Waals surface area contributed by atoms with Crippen LogP contribution in [0.5, 0.6) is 0 Å². The third kappa shape index (κ3) is 27.9. The molecule has 0 saturated heterocycles. The van der Waals surface area contributed by atoms with E-state index >= 15 is 0 Å². The molecule has 12 nitrogen and oxygen atoms in total. The molecule has 1 aromatic carbocycles. The van der Waals surface area contributed by atoms with Gasteiger partial charge in [0.2, 0.25) is 0 Å². The summed E-state index contributed by atoms with van der Waals surface area (Å²) < 4.78 is 2.70. The van der Waals surface area contributed by atoms with Gasteiger partial charge in [-0.2, -0.15) is 0 Å². The highest BCUT2D eigenvalue weighted by atomic mass is 16.2. The number of unbranched alkanes of at least 4 members (excludes halogenated alkanes) is 36. The fourth-order valence-corrected chi connectivity index (χ4v) is 19.5. The van der Waals surface area contributed by atoms with E-state index in [2.05, 4.69) is 27.7 Å². The summed E-state index contributed by atoms with van der Waals surface area (Å²) >= 11 is 0.